The van der Waals surface area contributed by atoms with Crippen LogP contribution in [0.15, 0.2) is 0 Å². The molecular weight excluding hydrogens is 252 g/mol. The van der Waals surface area contributed by atoms with Crippen LogP contribution in [-0.4, -0.2) is 67.1 Å². The van der Waals surface area contributed by atoms with Crippen LogP contribution in [0.5, 0.6) is 0 Å². The molecule has 0 aromatic carbocycles. The number of amides is 2. The number of rotatable bonds is 6. The fraction of sp³-hybridized carbons (Fsp3) is 0.833. The van der Waals surface area contributed by atoms with E-state index < -0.39 is 18.0 Å². The highest BCUT2D eigenvalue weighted by atomic mass is 16.5. The smallest absolute Gasteiger partial charge is 0.326 e. The van der Waals surface area contributed by atoms with Gasteiger partial charge in [0.15, 0.2) is 0 Å². The zero-order chi connectivity index (χ0) is 14.4. The molecule has 1 aliphatic heterocycles. The molecule has 1 heterocycles. The number of carbonyl (C=O) groups excluding carboxylic acids is 1. The second-order valence-corrected chi connectivity index (χ2v) is 4.55. The van der Waals surface area contributed by atoms with Gasteiger partial charge in [0.2, 0.25) is 0 Å². The molecule has 2 amide bonds. The van der Waals surface area contributed by atoms with Crippen LogP contribution in [0.25, 0.3) is 0 Å². The number of likely N-dealkylation sites (tertiary alicyclic amines) is 1. The van der Waals surface area contributed by atoms with Crippen LogP contribution in [0, 0.1) is 0 Å². The van der Waals surface area contributed by atoms with Crippen LogP contribution in [0.2, 0.25) is 0 Å². The van der Waals surface area contributed by atoms with Crippen molar-refractivity contribution < 1.29 is 24.2 Å². The Kier molecular flexibility index (Phi) is 6.04. The zero-order valence-corrected chi connectivity index (χ0v) is 11.6. The van der Waals surface area contributed by atoms with Crippen molar-refractivity contribution in [2.45, 2.75) is 38.5 Å². The van der Waals surface area contributed by atoms with Gasteiger partial charge in [0, 0.05) is 33.2 Å². The number of ether oxygens (including phenoxy) is 2. The zero-order valence-electron chi connectivity index (χ0n) is 11.6. The van der Waals surface area contributed by atoms with E-state index in [2.05, 4.69) is 5.32 Å². The van der Waals surface area contributed by atoms with Gasteiger partial charge in [-0.25, -0.2) is 9.59 Å². The fourth-order valence-corrected chi connectivity index (χ4v) is 2.10. The van der Waals surface area contributed by atoms with E-state index >= 15 is 0 Å². The maximum Gasteiger partial charge on any atom is 0.326 e. The van der Waals surface area contributed by atoms with Crippen molar-refractivity contribution in [3.8, 4) is 0 Å². The van der Waals surface area contributed by atoms with E-state index in [1.165, 1.54) is 12.0 Å². The van der Waals surface area contributed by atoms with Gasteiger partial charge >= 0.3 is 12.0 Å². The third kappa shape index (κ3) is 4.36. The summed E-state index contributed by atoms with van der Waals surface area (Å²) in [5.41, 5.74) is 0. The molecule has 7 nitrogen and oxygen atoms in total. The van der Waals surface area contributed by atoms with Crippen molar-refractivity contribution in [3.63, 3.8) is 0 Å². The van der Waals surface area contributed by atoms with Gasteiger partial charge in [0.05, 0.1) is 12.2 Å². The Morgan fingerprint density at radius 1 is 1.53 bits per heavy atom. The largest absolute Gasteiger partial charge is 0.480 e. The predicted octanol–water partition coefficient (Wildman–Crippen LogP) is 0.295. The molecule has 3 atom stereocenters. The van der Waals surface area contributed by atoms with Crippen molar-refractivity contribution in [1.82, 2.24) is 10.2 Å². The van der Waals surface area contributed by atoms with Gasteiger partial charge in [-0.2, -0.15) is 0 Å². The molecule has 1 fully saturated rings. The summed E-state index contributed by atoms with van der Waals surface area (Å²) in [6.07, 6.45) is -0.00509. The number of urea groups is 1. The van der Waals surface area contributed by atoms with Gasteiger partial charge in [-0.1, -0.05) is 0 Å². The number of carboxylic acids is 1. The summed E-state index contributed by atoms with van der Waals surface area (Å²) in [6.45, 7) is 4.95. The quantitative estimate of drug-likeness (QED) is 0.727. The summed E-state index contributed by atoms with van der Waals surface area (Å²) >= 11 is 0. The van der Waals surface area contributed by atoms with E-state index in [1.54, 1.807) is 0 Å². The Hall–Kier alpha value is -1.34. The van der Waals surface area contributed by atoms with Crippen LogP contribution in [0.1, 0.15) is 20.3 Å². The SMILES string of the molecule is CCOC(C)CNC(=O)N1CC(OC)CC1C(=O)O. The number of carbonyl (C=O) groups is 2. The van der Waals surface area contributed by atoms with Crippen LogP contribution < -0.4 is 5.32 Å². The molecular formula is C12H22N2O5. The number of hydrogen-bond donors (Lipinski definition) is 2. The first-order valence-corrected chi connectivity index (χ1v) is 6.41. The third-order valence-electron chi connectivity index (χ3n) is 3.13. The minimum Gasteiger partial charge on any atom is -0.480 e. The van der Waals surface area contributed by atoms with E-state index in [9.17, 15) is 9.59 Å². The molecule has 110 valence electrons. The van der Waals surface area contributed by atoms with Crippen molar-refractivity contribution in [1.29, 1.82) is 0 Å². The summed E-state index contributed by atoms with van der Waals surface area (Å²) in [7, 11) is 1.52. The lowest BCUT2D eigenvalue weighted by atomic mass is 10.2. The number of aliphatic carboxylic acids is 1. The van der Waals surface area contributed by atoms with Gasteiger partial charge < -0.3 is 24.8 Å². The molecule has 0 saturated carbocycles. The number of carboxylic acid groups (broad SMARTS) is 1. The van der Waals surface area contributed by atoms with E-state index in [0.29, 0.717) is 26.1 Å². The second kappa shape index (κ2) is 7.30. The molecule has 2 N–H and O–H groups in total. The summed E-state index contributed by atoms with van der Waals surface area (Å²) in [5, 5.41) is 11.8. The predicted molar refractivity (Wildman–Crippen MR) is 68.0 cm³/mol. The molecule has 7 heteroatoms. The fourth-order valence-electron chi connectivity index (χ4n) is 2.10. The average Bonchev–Trinajstić information content (AvgIpc) is 2.80. The Morgan fingerprint density at radius 3 is 2.74 bits per heavy atom. The van der Waals surface area contributed by atoms with Gasteiger partial charge in [-0.3, -0.25) is 0 Å². The Labute approximate surface area is 112 Å². The summed E-state index contributed by atoms with van der Waals surface area (Å²) in [6, 6.07) is -1.22. The molecule has 0 aliphatic carbocycles. The monoisotopic (exact) mass is 274 g/mol. The molecule has 0 bridgehead atoms. The van der Waals surface area contributed by atoms with Crippen LogP contribution in [0.4, 0.5) is 4.79 Å². The number of nitrogens with one attached hydrogen (secondary N) is 1. The van der Waals surface area contributed by atoms with Crippen molar-refractivity contribution in [2.75, 3.05) is 26.8 Å². The van der Waals surface area contributed by atoms with E-state index in [0.717, 1.165) is 0 Å². The lowest BCUT2D eigenvalue weighted by Gasteiger charge is -2.22. The first kappa shape index (κ1) is 15.7. The lowest BCUT2D eigenvalue weighted by Crippen LogP contribution is -2.47. The van der Waals surface area contributed by atoms with Crippen molar-refractivity contribution in [3.05, 3.63) is 0 Å². The topological polar surface area (TPSA) is 88.1 Å². The standard InChI is InChI=1S/C12H22N2O5/c1-4-19-8(2)6-13-12(17)14-7-9(18-3)5-10(14)11(15)16/h8-10H,4-7H2,1-3H3,(H,13,17)(H,15,16). The van der Waals surface area contributed by atoms with E-state index in [-0.39, 0.29) is 12.2 Å². The molecule has 1 rings (SSSR count). The molecule has 3 unspecified atom stereocenters. The minimum absolute atomic E-state index is 0.0990. The van der Waals surface area contributed by atoms with Crippen LogP contribution in [-0.2, 0) is 14.3 Å². The van der Waals surface area contributed by atoms with Crippen molar-refractivity contribution >= 4 is 12.0 Å². The number of nitrogens with zero attached hydrogens (tertiary/aromatic N) is 1. The van der Waals surface area contributed by atoms with Gasteiger partial charge in [-0.15, -0.1) is 0 Å². The summed E-state index contributed by atoms with van der Waals surface area (Å²) in [5.74, 6) is -1.01. The first-order chi connectivity index (χ1) is 8.99. The van der Waals surface area contributed by atoms with Gasteiger partial charge in [0.1, 0.15) is 6.04 Å². The molecule has 1 saturated heterocycles. The highest BCUT2D eigenvalue weighted by Crippen LogP contribution is 2.20. The maximum atomic E-state index is 12.0. The Bertz CT molecular complexity index is 323. The lowest BCUT2D eigenvalue weighted by molar-refractivity contribution is -0.141. The van der Waals surface area contributed by atoms with Gasteiger partial charge in [-0.05, 0) is 13.8 Å². The third-order valence-corrected chi connectivity index (χ3v) is 3.13. The molecule has 1 aliphatic rings. The van der Waals surface area contributed by atoms with Crippen LogP contribution >= 0.6 is 0 Å². The Morgan fingerprint density at radius 2 is 2.21 bits per heavy atom. The van der Waals surface area contributed by atoms with E-state index in [4.69, 9.17) is 14.6 Å². The second-order valence-electron chi connectivity index (χ2n) is 4.55. The Balaban J connectivity index is 2.52. The first-order valence-electron chi connectivity index (χ1n) is 6.41. The molecule has 0 aromatic rings. The number of methoxy groups -OCH3 is 1. The highest BCUT2D eigenvalue weighted by Gasteiger charge is 2.39. The molecule has 0 radical (unpaired) electrons. The normalized spacial score (nSPS) is 24.3. The molecule has 0 aromatic heterocycles. The summed E-state index contributed by atoms with van der Waals surface area (Å²) in [4.78, 5) is 24.4. The van der Waals surface area contributed by atoms with Gasteiger partial charge in [0.25, 0.3) is 0 Å². The highest BCUT2D eigenvalue weighted by molar-refractivity contribution is 5.83. The van der Waals surface area contributed by atoms with Crippen LogP contribution in [0.3, 0.4) is 0 Å². The molecule has 19 heavy (non-hydrogen) atoms. The van der Waals surface area contributed by atoms with Crippen molar-refractivity contribution in [2.24, 2.45) is 0 Å². The summed E-state index contributed by atoms with van der Waals surface area (Å²) < 4.78 is 10.4. The maximum absolute atomic E-state index is 12.0. The number of hydrogen-bond acceptors (Lipinski definition) is 4. The molecule has 0 spiro atoms. The average molecular weight is 274 g/mol. The minimum atomic E-state index is -1.01. The van der Waals surface area contributed by atoms with E-state index in [1.807, 2.05) is 13.8 Å².